The van der Waals surface area contributed by atoms with E-state index in [1.165, 1.54) is 6.07 Å². The third kappa shape index (κ3) is 11.5. The average molecular weight is 615 g/mol. The summed E-state index contributed by atoms with van der Waals surface area (Å²) in [7, 11) is 3.54. The summed E-state index contributed by atoms with van der Waals surface area (Å²) in [4.78, 5) is 55.9. The van der Waals surface area contributed by atoms with E-state index in [0.717, 1.165) is 32.1 Å². The Morgan fingerprint density at radius 1 is 0.844 bits per heavy atom. The molecular formula is C34H42N6O5. The molecule has 0 aliphatic heterocycles. The van der Waals surface area contributed by atoms with Crippen molar-refractivity contribution in [3.63, 3.8) is 0 Å². The molecule has 1 aromatic heterocycles. The van der Waals surface area contributed by atoms with E-state index in [4.69, 9.17) is 10.1 Å². The molecule has 1 heterocycles. The van der Waals surface area contributed by atoms with Gasteiger partial charge in [0, 0.05) is 50.8 Å². The number of hydrogen-bond donors (Lipinski definition) is 4. The Morgan fingerprint density at radius 3 is 2.24 bits per heavy atom. The van der Waals surface area contributed by atoms with Gasteiger partial charge in [0.05, 0.1) is 11.3 Å². The Kier molecular flexibility index (Phi) is 13.7. The van der Waals surface area contributed by atoms with Crippen LogP contribution < -0.4 is 20.7 Å². The molecule has 0 saturated carbocycles. The maximum absolute atomic E-state index is 13.3. The second-order valence-electron chi connectivity index (χ2n) is 10.7. The van der Waals surface area contributed by atoms with Gasteiger partial charge in [-0.2, -0.15) is 0 Å². The highest BCUT2D eigenvalue weighted by Crippen LogP contribution is 2.24. The summed E-state index contributed by atoms with van der Waals surface area (Å²) >= 11 is 0. The summed E-state index contributed by atoms with van der Waals surface area (Å²) in [5.41, 5.74) is 1.38. The number of ketones is 1. The lowest BCUT2D eigenvalue weighted by atomic mass is 10.1. The van der Waals surface area contributed by atoms with Crippen molar-refractivity contribution < 1.29 is 23.9 Å². The van der Waals surface area contributed by atoms with Crippen molar-refractivity contribution in [3.8, 4) is 5.75 Å². The van der Waals surface area contributed by atoms with E-state index in [9.17, 15) is 19.2 Å². The zero-order valence-corrected chi connectivity index (χ0v) is 26.2. The molecule has 0 aliphatic rings. The first kappa shape index (κ1) is 34.4. The number of pyridine rings is 1. The van der Waals surface area contributed by atoms with E-state index in [1.807, 2.05) is 6.92 Å². The van der Waals surface area contributed by atoms with Crippen molar-refractivity contribution in [2.45, 2.75) is 51.9 Å². The van der Waals surface area contributed by atoms with Crippen LogP contribution in [0.15, 0.2) is 66.9 Å². The number of benzene rings is 2. The molecule has 3 aromatic rings. The number of unbranched alkanes of at least 4 members (excludes halogenated alkanes) is 4. The molecule has 3 rings (SSSR count). The van der Waals surface area contributed by atoms with Crippen LogP contribution in [0.3, 0.4) is 0 Å². The second kappa shape index (κ2) is 17.9. The van der Waals surface area contributed by atoms with E-state index in [2.05, 4.69) is 20.9 Å². The average Bonchev–Trinajstić information content (AvgIpc) is 3.05. The first-order valence-corrected chi connectivity index (χ1v) is 15.1. The van der Waals surface area contributed by atoms with Crippen molar-refractivity contribution >= 4 is 40.8 Å². The van der Waals surface area contributed by atoms with E-state index >= 15 is 0 Å². The van der Waals surface area contributed by atoms with Crippen LogP contribution in [-0.2, 0) is 9.59 Å². The van der Waals surface area contributed by atoms with Gasteiger partial charge >= 0.3 is 0 Å². The summed E-state index contributed by atoms with van der Waals surface area (Å²) in [6.45, 7) is 2.17. The number of aromatic nitrogens is 1. The van der Waals surface area contributed by atoms with Gasteiger partial charge in [-0.15, -0.1) is 0 Å². The minimum Gasteiger partial charge on any atom is -0.484 e. The number of hydrogen-bond acceptors (Lipinski definition) is 7. The molecule has 0 radical (unpaired) electrons. The van der Waals surface area contributed by atoms with E-state index < -0.39 is 11.8 Å². The Balaban J connectivity index is 1.60. The third-order valence-corrected chi connectivity index (χ3v) is 6.98. The largest absolute Gasteiger partial charge is 0.484 e. The van der Waals surface area contributed by atoms with Gasteiger partial charge in [0.15, 0.2) is 6.61 Å². The highest BCUT2D eigenvalue weighted by Gasteiger charge is 2.18. The van der Waals surface area contributed by atoms with Crippen LogP contribution in [0.25, 0.3) is 0 Å². The van der Waals surface area contributed by atoms with Crippen molar-refractivity contribution in [1.82, 2.24) is 15.2 Å². The van der Waals surface area contributed by atoms with Crippen molar-refractivity contribution in [1.29, 1.82) is 5.41 Å². The molecule has 2 aromatic carbocycles. The first-order valence-electron chi connectivity index (χ1n) is 15.1. The lowest BCUT2D eigenvalue weighted by Crippen LogP contribution is -2.29. The molecule has 0 saturated heterocycles. The molecule has 0 spiro atoms. The fourth-order valence-electron chi connectivity index (χ4n) is 4.34. The molecule has 0 unspecified atom stereocenters. The summed E-state index contributed by atoms with van der Waals surface area (Å²) in [5, 5.41) is 16.4. The van der Waals surface area contributed by atoms with Crippen LogP contribution in [0.2, 0.25) is 0 Å². The fourth-order valence-corrected chi connectivity index (χ4v) is 4.34. The van der Waals surface area contributed by atoms with Crippen molar-refractivity contribution in [2.75, 3.05) is 37.9 Å². The van der Waals surface area contributed by atoms with Crippen LogP contribution in [0, 0.1) is 5.41 Å². The van der Waals surface area contributed by atoms with Gasteiger partial charge in [0.1, 0.15) is 23.2 Å². The number of Topliss-reactive ketones (excluding diaryl/α,β-unsaturated/α-hetero) is 1. The number of amides is 3. The quantitative estimate of drug-likeness (QED) is 0.0916. The predicted octanol–water partition coefficient (Wildman–Crippen LogP) is 5.29. The molecule has 11 nitrogen and oxygen atoms in total. The van der Waals surface area contributed by atoms with Gasteiger partial charge in [-0.1, -0.05) is 44.4 Å². The Hall–Kier alpha value is -5.06. The maximum Gasteiger partial charge on any atom is 0.259 e. The Bertz CT molecular complexity index is 1460. The van der Waals surface area contributed by atoms with Gasteiger partial charge < -0.3 is 25.6 Å². The molecule has 0 atom stereocenters. The van der Waals surface area contributed by atoms with Crippen LogP contribution in [-0.4, -0.2) is 66.5 Å². The number of rotatable bonds is 17. The van der Waals surface area contributed by atoms with Gasteiger partial charge in [-0.3, -0.25) is 24.6 Å². The molecule has 11 heteroatoms. The monoisotopic (exact) mass is 614 g/mol. The number of anilines is 2. The summed E-state index contributed by atoms with van der Waals surface area (Å²) in [5.74, 6) is -0.0207. The Labute approximate surface area is 264 Å². The lowest BCUT2D eigenvalue weighted by molar-refractivity contribution is -0.123. The minimum atomic E-state index is -0.521. The number of nitrogens with zero attached hydrogens (tertiary/aromatic N) is 2. The summed E-state index contributed by atoms with van der Waals surface area (Å²) in [6, 6.07) is 16.3. The summed E-state index contributed by atoms with van der Waals surface area (Å²) < 4.78 is 5.68. The normalized spacial score (nSPS) is 10.5. The SMILES string of the molecule is CCC(=O)CCCCCCCNC(=O)COc1ccc(NC(=O)c2ccc(C(=N)N(C)C)cc2)c(C(=O)Nc2ccccn2)c1. The second-order valence-corrected chi connectivity index (χ2v) is 10.7. The van der Waals surface area contributed by atoms with Crippen LogP contribution in [0.1, 0.15) is 78.1 Å². The van der Waals surface area contributed by atoms with Gasteiger partial charge in [0.25, 0.3) is 17.7 Å². The first-order chi connectivity index (χ1) is 21.7. The van der Waals surface area contributed by atoms with Crippen LogP contribution in [0.4, 0.5) is 11.5 Å². The smallest absolute Gasteiger partial charge is 0.259 e. The number of ether oxygens (including phenoxy) is 1. The van der Waals surface area contributed by atoms with E-state index in [0.29, 0.717) is 48.0 Å². The third-order valence-electron chi connectivity index (χ3n) is 6.98. The van der Waals surface area contributed by atoms with Crippen LogP contribution in [0.5, 0.6) is 5.75 Å². The molecule has 0 fully saturated rings. The zero-order valence-electron chi connectivity index (χ0n) is 26.2. The van der Waals surface area contributed by atoms with Crippen LogP contribution >= 0.6 is 0 Å². The predicted molar refractivity (Wildman–Crippen MR) is 175 cm³/mol. The van der Waals surface area contributed by atoms with Gasteiger partial charge in [0.2, 0.25) is 0 Å². The van der Waals surface area contributed by atoms with E-state index in [-0.39, 0.29) is 29.5 Å². The number of nitrogens with one attached hydrogen (secondary N) is 4. The molecule has 238 valence electrons. The number of amidine groups is 1. The van der Waals surface area contributed by atoms with Gasteiger partial charge in [-0.25, -0.2) is 4.98 Å². The standard InChI is InChI=1S/C34H42N6O5/c1-4-26(41)12-8-6-5-7-10-21-37-31(42)23-45-27-18-19-29(28(22-27)34(44)39-30-13-9-11-20-36-30)38-33(43)25-16-14-24(15-17-25)32(35)40(2)3/h9,11,13-20,22,35H,4-8,10,12,21,23H2,1-3H3,(H,37,42)(H,38,43)(H,36,39,44). The summed E-state index contributed by atoms with van der Waals surface area (Å²) in [6.07, 6.45) is 7.51. The molecular weight excluding hydrogens is 572 g/mol. The Morgan fingerprint density at radius 2 is 1.56 bits per heavy atom. The molecule has 3 amide bonds. The lowest BCUT2D eigenvalue weighted by Gasteiger charge is -2.15. The molecule has 45 heavy (non-hydrogen) atoms. The number of carbonyl (C=O) groups excluding carboxylic acids is 4. The fraction of sp³-hybridized carbons (Fsp3) is 0.353. The van der Waals surface area contributed by atoms with Gasteiger partial charge in [-0.05, 0) is 55.3 Å². The minimum absolute atomic E-state index is 0.124. The number of carbonyl (C=O) groups is 4. The maximum atomic E-state index is 13.3. The molecule has 0 bridgehead atoms. The molecule has 4 N–H and O–H groups in total. The zero-order chi connectivity index (χ0) is 32.6. The molecule has 0 aliphatic carbocycles. The van der Waals surface area contributed by atoms with Crippen molar-refractivity contribution in [2.24, 2.45) is 0 Å². The van der Waals surface area contributed by atoms with Crippen molar-refractivity contribution in [3.05, 3.63) is 83.6 Å². The highest BCUT2D eigenvalue weighted by atomic mass is 16.5. The van der Waals surface area contributed by atoms with E-state index in [1.54, 1.807) is 79.8 Å². The topological polar surface area (TPSA) is 154 Å². The highest BCUT2D eigenvalue weighted by molar-refractivity contribution is 6.12.